The molecule has 0 aromatic carbocycles. The molecule has 9 heteroatoms. The summed E-state index contributed by atoms with van der Waals surface area (Å²) in [7, 11) is 5.39. The van der Waals surface area contributed by atoms with Crippen LogP contribution in [0.3, 0.4) is 0 Å². The second kappa shape index (κ2) is 11.2. The van der Waals surface area contributed by atoms with Crippen LogP contribution < -0.4 is 5.32 Å². The summed E-state index contributed by atoms with van der Waals surface area (Å²) >= 11 is 1.63. The number of aromatic nitrogens is 1. The van der Waals surface area contributed by atoms with Gasteiger partial charge in [0.15, 0.2) is 5.96 Å². The number of aliphatic imine (C=N–C) groups is 1. The maximum absolute atomic E-state index is 11.8. The summed E-state index contributed by atoms with van der Waals surface area (Å²) in [6, 6.07) is 3.81. The molecular weight excluding hydrogens is 465 g/mol. The Balaban J connectivity index is 0.00000338. The third kappa shape index (κ3) is 7.32. The van der Waals surface area contributed by atoms with Crippen LogP contribution in [0.1, 0.15) is 16.5 Å². The molecule has 0 aliphatic rings. The number of thiazole rings is 1. The molecule has 0 aliphatic carbocycles. The number of nitrogens with zero attached hydrogens (tertiary/aromatic N) is 4. The molecule has 0 unspecified atom stereocenters. The van der Waals surface area contributed by atoms with Crippen LogP contribution in [0, 0.1) is 6.92 Å². The van der Waals surface area contributed by atoms with Crippen LogP contribution in [0.15, 0.2) is 33.2 Å². The fourth-order valence-corrected chi connectivity index (χ4v) is 2.75. The van der Waals surface area contributed by atoms with Crippen molar-refractivity contribution >= 4 is 47.2 Å². The van der Waals surface area contributed by atoms with Crippen LogP contribution in [-0.2, 0) is 17.8 Å². The maximum Gasteiger partial charge on any atom is 0.243 e. The van der Waals surface area contributed by atoms with Crippen molar-refractivity contribution in [1.82, 2.24) is 20.1 Å². The third-order valence-electron chi connectivity index (χ3n) is 3.52. The van der Waals surface area contributed by atoms with Crippen LogP contribution in [0.2, 0.25) is 0 Å². The van der Waals surface area contributed by atoms with Crippen molar-refractivity contribution in [1.29, 1.82) is 0 Å². The third-order valence-corrected chi connectivity index (χ3v) is 4.35. The first-order valence-corrected chi connectivity index (χ1v) is 8.96. The van der Waals surface area contributed by atoms with Crippen LogP contribution in [0.5, 0.6) is 0 Å². The summed E-state index contributed by atoms with van der Waals surface area (Å²) in [6.45, 7) is 3.40. The van der Waals surface area contributed by atoms with Gasteiger partial charge in [0.25, 0.3) is 0 Å². The second-order valence-electron chi connectivity index (χ2n) is 5.90. The van der Waals surface area contributed by atoms with Gasteiger partial charge in [-0.2, -0.15) is 0 Å². The molecule has 0 saturated carbocycles. The van der Waals surface area contributed by atoms with Crippen molar-refractivity contribution in [3.63, 3.8) is 0 Å². The summed E-state index contributed by atoms with van der Waals surface area (Å²) in [5.41, 5.74) is 0.990. The lowest BCUT2D eigenvalue weighted by atomic mass is 10.3. The molecule has 144 valence electrons. The van der Waals surface area contributed by atoms with Gasteiger partial charge in [-0.3, -0.25) is 4.79 Å². The van der Waals surface area contributed by atoms with E-state index < -0.39 is 0 Å². The zero-order valence-electron chi connectivity index (χ0n) is 15.6. The number of amides is 1. The standard InChI is InChI=1S/C17H25N5O2S.HI/c1-13-20-14(12-25-13)11-22(4)17(19-10-16(23)21(2)3)18-8-7-15-6-5-9-24-15;/h5-6,9,12H,7-8,10-11H2,1-4H3,(H,18,19);1H. The zero-order chi connectivity index (χ0) is 18.2. The largest absolute Gasteiger partial charge is 0.469 e. The molecule has 7 nitrogen and oxygen atoms in total. The van der Waals surface area contributed by atoms with Gasteiger partial charge in [-0.25, -0.2) is 9.98 Å². The van der Waals surface area contributed by atoms with Crippen LogP contribution in [-0.4, -0.2) is 60.9 Å². The van der Waals surface area contributed by atoms with Gasteiger partial charge in [-0.15, -0.1) is 35.3 Å². The number of carbonyl (C=O) groups is 1. The first-order valence-electron chi connectivity index (χ1n) is 8.08. The van der Waals surface area contributed by atoms with Crippen molar-refractivity contribution in [2.75, 3.05) is 34.2 Å². The molecule has 1 N–H and O–H groups in total. The molecule has 2 heterocycles. The van der Waals surface area contributed by atoms with E-state index in [1.54, 1.807) is 31.7 Å². The normalized spacial score (nSPS) is 11.0. The molecule has 2 aromatic heterocycles. The Morgan fingerprint density at radius 2 is 2.15 bits per heavy atom. The van der Waals surface area contributed by atoms with Gasteiger partial charge >= 0.3 is 0 Å². The SMILES string of the molecule is Cc1nc(CN(C)C(=NCC(=O)N(C)C)NCCc2ccco2)cs1.I. The topological polar surface area (TPSA) is 74.0 Å². The highest BCUT2D eigenvalue weighted by Crippen LogP contribution is 2.10. The van der Waals surface area contributed by atoms with Crippen LogP contribution in [0.4, 0.5) is 0 Å². The number of rotatable bonds is 7. The van der Waals surface area contributed by atoms with Gasteiger partial charge in [0, 0.05) is 39.5 Å². The van der Waals surface area contributed by atoms with Gasteiger partial charge in [-0.05, 0) is 19.1 Å². The smallest absolute Gasteiger partial charge is 0.243 e. The molecule has 2 rings (SSSR count). The Morgan fingerprint density at radius 1 is 1.38 bits per heavy atom. The minimum absolute atomic E-state index is 0. The molecule has 0 saturated heterocycles. The van der Waals surface area contributed by atoms with E-state index in [4.69, 9.17) is 4.42 Å². The molecule has 0 spiro atoms. The van der Waals surface area contributed by atoms with Crippen molar-refractivity contribution in [3.8, 4) is 0 Å². The van der Waals surface area contributed by atoms with Gasteiger partial charge in [0.2, 0.25) is 5.91 Å². The maximum atomic E-state index is 11.8. The van der Waals surface area contributed by atoms with Gasteiger partial charge in [-0.1, -0.05) is 0 Å². The summed E-state index contributed by atoms with van der Waals surface area (Å²) in [4.78, 5) is 24.3. The summed E-state index contributed by atoms with van der Waals surface area (Å²) in [5, 5.41) is 6.38. The first kappa shape index (κ1) is 22.4. The summed E-state index contributed by atoms with van der Waals surface area (Å²) in [5.74, 6) is 1.55. The quantitative estimate of drug-likeness (QED) is 0.366. The van der Waals surface area contributed by atoms with E-state index in [0.29, 0.717) is 19.0 Å². The van der Waals surface area contributed by atoms with E-state index in [-0.39, 0.29) is 36.4 Å². The Morgan fingerprint density at radius 3 is 2.73 bits per heavy atom. The van der Waals surface area contributed by atoms with E-state index >= 15 is 0 Å². The predicted octanol–water partition coefficient (Wildman–Crippen LogP) is 2.37. The molecule has 0 aliphatic heterocycles. The number of carbonyl (C=O) groups excluding carboxylic acids is 1. The van der Waals surface area contributed by atoms with Gasteiger partial charge in [0.05, 0.1) is 23.5 Å². The number of hydrogen-bond acceptors (Lipinski definition) is 5. The molecule has 0 atom stereocenters. The van der Waals surface area contributed by atoms with E-state index in [1.807, 2.05) is 36.4 Å². The van der Waals surface area contributed by atoms with Crippen molar-refractivity contribution in [3.05, 3.63) is 40.2 Å². The van der Waals surface area contributed by atoms with Crippen LogP contribution >= 0.6 is 35.3 Å². The van der Waals surface area contributed by atoms with Crippen molar-refractivity contribution in [2.24, 2.45) is 4.99 Å². The Bertz CT molecular complexity index is 700. The van der Waals surface area contributed by atoms with Crippen molar-refractivity contribution < 1.29 is 9.21 Å². The summed E-state index contributed by atoms with van der Waals surface area (Å²) < 4.78 is 5.34. The number of hydrogen-bond donors (Lipinski definition) is 1. The molecule has 0 radical (unpaired) electrons. The fourth-order valence-electron chi connectivity index (χ4n) is 2.15. The lowest BCUT2D eigenvalue weighted by molar-refractivity contribution is -0.127. The molecule has 2 aromatic rings. The number of halogens is 1. The lowest BCUT2D eigenvalue weighted by Gasteiger charge is -2.22. The number of guanidine groups is 1. The average molecular weight is 491 g/mol. The zero-order valence-corrected chi connectivity index (χ0v) is 18.7. The van der Waals surface area contributed by atoms with Crippen molar-refractivity contribution in [2.45, 2.75) is 19.9 Å². The number of aryl methyl sites for hydroxylation is 1. The first-order chi connectivity index (χ1) is 12.0. The van der Waals surface area contributed by atoms with Gasteiger partial charge in [0.1, 0.15) is 12.3 Å². The Kier molecular flexibility index (Phi) is 9.63. The van der Waals surface area contributed by atoms with E-state index in [2.05, 4.69) is 15.3 Å². The Labute approximate surface area is 175 Å². The highest BCUT2D eigenvalue weighted by molar-refractivity contribution is 14.0. The molecular formula is C17H26IN5O2S. The molecule has 0 bridgehead atoms. The van der Waals surface area contributed by atoms with E-state index in [0.717, 1.165) is 22.9 Å². The number of nitrogens with one attached hydrogen (secondary N) is 1. The number of furan rings is 1. The average Bonchev–Trinajstić information content (AvgIpc) is 3.21. The van der Waals surface area contributed by atoms with E-state index in [1.165, 1.54) is 4.90 Å². The fraction of sp³-hybridized carbons (Fsp3) is 0.471. The minimum Gasteiger partial charge on any atom is -0.469 e. The second-order valence-corrected chi connectivity index (χ2v) is 6.96. The molecule has 1 amide bonds. The Hall–Kier alpha value is -1.62. The number of likely N-dealkylation sites (N-methyl/N-ethyl adjacent to an activating group) is 1. The van der Waals surface area contributed by atoms with Gasteiger partial charge < -0.3 is 19.5 Å². The highest BCUT2D eigenvalue weighted by Gasteiger charge is 2.11. The predicted molar refractivity (Wildman–Crippen MR) is 115 cm³/mol. The lowest BCUT2D eigenvalue weighted by Crippen LogP contribution is -2.40. The molecule has 0 fully saturated rings. The molecule has 26 heavy (non-hydrogen) atoms. The van der Waals surface area contributed by atoms with Crippen LogP contribution in [0.25, 0.3) is 0 Å². The summed E-state index contributed by atoms with van der Waals surface area (Å²) in [6.07, 6.45) is 2.41. The minimum atomic E-state index is -0.0387. The van der Waals surface area contributed by atoms with E-state index in [9.17, 15) is 4.79 Å². The highest BCUT2D eigenvalue weighted by atomic mass is 127. The monoisotopic (exact) mass is 491 g/mol.